The summed E-state index contributed by atoms with van der Waals surface area (Å²) in [4.78, 5) is 27.8. The normalized spacial score (nSPS) is 12.7. The SMILES string of the molecule is CC[C@@H](C)NC(=O)[C@H](CC)N(Cc1ccc(Cl)cc1)C(=O)COc1cc(C)c(Cl)c(C)c1. The number of halogens is 2. The maximum Gasteiger partial charge on any atom is 0.261 e. The Bertz CT molecular complexity index is 908. The second-order valence-corrected chi connectivity index (χ2v) is 8.86. The van der Waals surface area contributed by atoms with Crippen LogP contribution in [0.15, 0.2) is 36.4 Å². The van der Waals surface area contributed by atoms with Crippen molar-refractivity contribution in [3.05, 3.63) is 63.1 Å². The molecule has 0 fully saturated rings. The van der Waals surface area contributed by atoms with Crippen molar-refractivity contribution in [2.24, 2.45) is 0 Å². The zero-order chi connectivity index (χ0) is 23.8. The molecule has 2 atom stereocenters. The molecule has 0 aliphatic heterocycles. The highest BCUT2D eigenvalue weighted by Crippen LogP contribution is 2.26. The Hall–Kier alpha value is -2.24. The molecular weight excluding hydrogens is 447 g/mol. The average molecular weight is 479 g/mol. The van der Waals surface area contributed by atoms with Crippen molar-refractivity contribution in [3.8, 4) is 5.75 Å². The lowest BCUT2D eigenvalue weighted by atomic mass is 10.1. The summed E-state index contributed by atoms with van der Waals surface area (Å²) >= 11 is 12.2. The third-order valence-electron chi connectivity index (χ3n) is 5.43. The molecule has 0 aliphatic rings. The maximum absolute atomic E-state index is 13.3. The fourth-order valence-electron chi connectivity index (χ4n) is 3.36. The van der Waals surface area contributed by atoms with Crippen molar-refractivity contribution in [2.75, 3.05) is 6.61 Å². The van der Waals surface area contributed by atoms with Crippen LogP contribution in [-0.2, 0) is 16.1 Å². The van der Waals surface area contributed by atoms with Crippen LogP contribution in [0.2, 0.25) is 10.0 Å². The Morgan fingerprint density at radius 3 is 2.16 bits per heavy atom. The van der Waals surface area contributed by atoms with Crippen molar-refractivity contribution in [3.63, 3.8) is 0 Å². The number of carbonyl (C=O) groups excluding carboxylic acids is 2. The number of nitrogens with one attached hydrogen (secondary N) is 1. The maximum atomic E-state index is 13.3. The molecule has 2 rings (SSSR count). The summed E-state index contributed by atoms with van der Waals surface area (Å²) < 4.78 is 5.80. The van der Waals surface area contributed by atoms with Gasteiger partial charge < -0.3 is 15.0 Å². The van der Waals surface area contributed by atoms with Crippen LogP contribution < -0.4 is 10.1 Å². The summed E-state index contributed by atoms with van der Waals surface area (Å²) in [5, 5.41) is 4.29. The number of carbonyl (C=O) groups is 2. The van der Waals surface area contributed by atoms with Crippen molar-refractivity contribution in [1.29, 1.82) is 0 Å². The largest absolute Gasteiger partial charge is 0.484 e. The van der Waals surface area contributed by atoms with Crippen molar-refractivity contribution in [2.45, 2.75) is 66.1 Å². The van der Waals surface area contributed by atoms with E-state index in [1.54, 1.807) is 29.2 Å². The second-order valence-electron chi connectivity index (χ2n) is 8.05. The Balaban J connectivity index is 2.24. The Morgan fingerprint density at radius 1 is 1.03 bits per heavy atom. The van der Waals surface area contributed by atoms with Crippen LogP contribution in [-0.4, -0.2) is 35.4 Å². The van der Waals surface area contributed by atoms with Crippen LogP contribution >= 0.6 is 23.2 Å². The number of ether oxygens (including phenoxy) is 1. The number of nitrogens with zero attached hydrogens (tertiary/aromatic N) is 1. The molecule has 1 N–H and O–H groups in total. The smallest absolute Gasteiger partial charge is 0.261 e. The molecule has 0 saturated heterocycles. The molecule has 174 valence electrons. The van der Waals surface area contributed by atoms with E-state index < -0.39 is 6.04 Å². The molecule has 0 bridgehead atoms. The second kappa shape index (κ2) is 12.1. The quantitative estimate of drug-likeness (QED) is 0.475. The standard InChI is InChI=1S/C25H32Cl2N2O3/c1-6-18(5)28-25(31)22(7-2)29(14-19-8-10-20(26)11-9-19)23(30)15-32-21-12-16(3)24(27)17(4)13-21/h8-13,18,22H,6-7,14-15H2,1-5H3,(H,28,31)/t18-,22+/m1/s1. The van der Waals surface area contributed by atoms with E-state index in [0.29, 0.717) is 22.2 Å². The number of aryl methyl sites for hydroxylation is 2. The zero-order valence-corrected chi connectivity index (χ0v) is 20.9. The fraction of sp³-hybridized carbons (Fsp3) is 0.440. The van der Waals surface area contributed by atoms with Gasteiger partial charge in [-0.25, -0.2) is 0 Å². The van der Waals surface area contributed by atoms with Gasteiger partial charge in [0.05, 0.1) is 0 Å². The van der Waals surface area contributed by atoms with Gasteiger partial charge in [-0.1, -0.05) is 49.2 Å². The number of hydrogen-bond donors (Lipinski definition) is 1. The lowest BCUT2D eigenvalue weighted by molar-refractivity contribution is -0.143. The van der Waals surface area contributed by atoms with E-state index in [1.807, 2.05) is 46.8 Å². The molecule has 0 heterocycles. The van der Waals surface area contributed by atoms with Gasteiger partial charge in [0, 0.05) is 22.6 Å². The van der Waals surface area contributed by atoms with Crippen LogP contribution in [0.5, 0.6) is 5.75 Å². The van der Waals surface area contributed by atoms with Gasteiger partial charge in [0.25, 0.3) is 5.91 Å². The molecule has 0 unspecified atom stereocenters. The molecule has 2 aromatic rings. The minimum absolute atomic E-state index is 0.0281. The highest BCUT2D eigenvalue weighted by molar-refractivity contribution is 6.32. The van der Waals surface area contributed by atoms with Gasteiger partial charge in [0.15, 0.2) is 6.61 Å². The molecule has 0 saturated carbocycles. The molecule has 7 heteroatoms. The van der Waals surface area contributed by atoms with E-state index in [2.05, 4.69) is 5.32 Å². The van der Waals surface area contributed by atoms with Gasteiger partial charge in [-0.15, -0.1) is 0 Å². The van der Waals surface area contributed by atoms with E-state index in [9.17, 15) is 9.59 Å². The topological polar surface area (TPSA) is 58.6 Å². The summed E-state index contributed by atoms with van der Waals surface area (Å²) in [5.41, 5.74) is 2.65. The molecule has 2 aromatic carbocycles. The lowest BCUT2D eigenvalue weighted by Crippen LogP contribution is -2.51. The Labute approximate surface area is 201 Å². The minimum atomic E-state index is -0.607. The van der Waals surface area contributed by atoms with Gasteiger partial charge in [0.2, 0.25) is 5.91 Å². The molecule has 32 heavy (non-hydrogen) atoms. The first-order chi connectivity index (χ1) is 15.2. The van der Waals surface area contributed by atoms with Crippen LogP contribution in [0, 0.1) is 13.8 Å². The average Bonchev–Trinajstić information content (AvgIpc) is 2.76. The van der Waals surface area contributed by atoms with E-state index in [4.69, 9.17) is 27.9 Å². The summed E-state index contributed by atoms with van der Waals surface area (Å²) in [7, 11) is 0. The highest BCUT2D eigenvalue weighted by atomic mass is 35.5. The van der Waals surface area contributed by atoms with Crippen molar-refractivity contribution < 1.29 is 14.3 Å². The van der Waals surface area contributed by atoms with E-state index in [1.165, 1.54) is 0 Å². The molecule has 0 radical (unpaired) electrons. The Kier molecular flexibility index (Phi) is 9.85. The lowest BCUT2D eigenvalue weighted by Gasteiger charge is -2.31. The first kappa shape index (κ1) is 26.0. The molecule has 0 spiro atoms. The zero-order valence-electron chi connectivity index (χ0n) is 19.4. The highest BCUT2D eigenvalue weighted by Gasteiger charge is 2.29. The number of amides is 2. The number of hydrogen-bond acceptors (Lipinski definition) is 3. The van der Waals surface area contributed by atoms with Crippen LogP contribution in [0.3, 0.4) is 0 Å². The van der Waals surface area contributed by atoms with Crippen LogP contribution in [0.1, 0.15) is 50.3 Å². The third kappa shape index (κ3) is 7.14. The minimum Gasteiger partial charge on any atom is -0.484 e. The van der Waals surface area contributed by atoms with Crippen molar-refractivity contribution >= 4 is 35.0 Å². The Morgan fingerprint density at radius 2 is 1.62 bits per heavy atom. The summed E-state index contributed by atoms with van der Waals surface area (Å²) in [6, 6.07) is 10.3. The van der Waals surface area contributed by atoms with Crippen LogP contribution in [0.4, 0.5) is 0 Å². The molecule has 2 amide bonds. The first-order valence-corrected chi connectivity index (χ1v) is 11.7. The summed E-state index contributed by atoms with van der Waals surface area (Å²) in [5.74, 6) is 0.139. The summed E-state index contributed by atoms with van der Waals surface area (Å²) in [6.07, 6.45) is 1.30. The molecule has 0 aliphatic carbocycles. The number of rotatable bonds is 10. The molecule has 5 nitrogen and oxygen atoms in total. The number of benzene rings is 2. The van der Waals surface area contributed by atoms with Gasteiger partial charge >= 0.3 is 0 Å². The fourth-order valence-corrected chi connectivity index (χ4v) is 3.60. The van der Waals surface area contributed by atoms with Gasteiger partial charge in [-0.3, -0.25) is 9.59 Å². The summed E-state index contributed by atoms with van der Waals surface area (Å²) in [6.45, 7) is 9.74. The monoisotopic (exact) mass is 478 g/mol. The van der Waals surface area contributed by atoms with E-state index in [-0.39, 0.29) is 31.0 Å². The van der Waals surface area contributed by atoms with E-state index >= 15 is 0 Å². The molecular formula is C25H32Cl2N2O3. The van der Waals surface area contributed by atoms with E-state index in [0.717, 1.165) is 23.1 Å². The predicted octanol–water partition coefficient (Wildman–Crippen LogP) is 5.71. The van der Waals surface area contributed by atoms with Gasteiger partial charge in [0.1, 0.15) is 11.8 Å². The van der Waals surface area contributed by atoms with Gasteiger partial charge in [-0.2, -0.15) is 0 Å². The molecule has 0 aromatic heterocycles. The third-order valence-corrected chi connectivity index (χ3v) is 6.27. The van der Waals surface area contributed by atoms with Gasteiger partial charge in [-0.05, 0) is 74.6 Å². The predicted molar refractivity (Wildman–Crippen MR) is 130 cm³/mol. The van der Waals surface area contributed by atoms with Crippen molar-refractivity contribution in [1.82, 2.24) is 10.2 Å². The first-order valence-electron chi connectivity index (χ1n) is 10.9. The van der Waals surface area contributed by atoms with Crippen LogP contribution in [0.25, 0.3) is 0 Å².